The summed E-state index contributed by atoms with van der Waals surface area (Å²) in [5.41, 5.74) is 2.48. The van der Waals surface area contributed by atoms with Crippen LogP contribution in [0.25, 0.3) is 0 Å². The highest BCUT2D eigenvalue weighted by Crippen LogP contribution is 2.29. The van der Waals surface area contributed by atoms with Crippen molar-refractivity contribution < 1.29 is 19.1 Å². The predicted molar refractivity (Wildman–Crippen MR) is 152 cm³/mol. The Kier molecular flexibility index (Phi) is 11.3. The summed E-state index contributed by atoms with van der Waals surface area (Å²) in [5, 5.41) is 3.87. The number of aryl methyl sites for hydroxylation is 1. The van der Waals surface area contributed by atoms with Gasteiger partial charge in [0.05, 0.1) is 14.2 Å². The lowest BCUT2D eigenvalue weighted by molar-refractivity contribution is -0.141. The first kappa shape index (κ1) is 29.3. The fourth-order valence-corrected chi connectivity index (χ4v) is 4.72. The van der Waals surface area contributed by atoms with Gasteiger partial charge in [-0.1, -0.05) is 72.6 Å². The monoisotopic (exact) mass is 556 g/mol. The summed E-state index contributed by atoms with van der Waals surface area (Å²) in [7, 11) is 3.15. The van der Waals surface area contributed by atoms with Gasteiger partial charge in [0.15, 0.2) is 11.5 Å². The van der Waals surface area contributed by atoms with E-state index in [0.29, 0.717) is 46.5 Å². The second kappa shape index (κ2) is 14.6. The third kappa shape index (κ3) is 7.89. The van der Waals surface area contributed by atoms with Gasteiger partial charge in [-0.25, -0.2) is 0 Å². The van der Waals surface area contributed by atoms with Gasteiger partial charge in [-0.05, 0) is 48.2 Å². The molecular formula is C30H34Cl2N2O4. The van der Waals surface area contributed by atoms with Crippen LogP contribution in [-0.4, -0.2) is 43.5 Å². The molecule has 8 heteroatoms. The highest BCUT2D eigenvalue weighted by Gasteiger charge is 2.31. The van der Waals surface area contributed by atoms with Crippen LogP contribution in [0.1, 0.15) is 36.5 Å². The largest absolute Gasteiger partial charge is 0.493 e. The maximum Gasteiger partial charge on any atom is 0.243 e. The van der Waals surface area contributed by atoms with Crippen LogP contribution in [0.2, 0.25) is 10.0 Å². The van der Waals surface area contributed by atoms with E-state index in [1.807, 2.05) is 55.5 Å². The van der Waals surface area contributed by atoms with Crippen molar-refractivity contribution in [2.75, 3.05) is 20.8 Å². The van der Waals surface area contributed by atoms with Gasteiger partial charge in [-0.2, -0.15) is 0 Å². The van der Waals surface area contributed by atoms with E-state index in [-0.39, 0.29) is 24.8 Å². The number of benzene rings is 3. The topological polar surface area (TPSA) is 67.9 Å². The second-order valence-corrected chi connectivity index (χ2v) is 9.72. The molecule has 38 heavy (non-hydrogen) atoms. The average Bonchev–Trinajstić information content (AvgIpc) is 2.93. The van der Waals surface area contributed by atoms with Crippen molar-refractivity contribution >= 4 is 35.0 Å². The van der Waals surface area contributed by atoms with Gasteiger partial charge < -0.3 is 19.7 Å². The fourth-order valence-electron chi connectivity index (χ4n) is 4.20. The SMILES string of the molecule is CCCNC(=O)C(Cc1ccccc1)N(Cc1c(Cl)cccc1Cl)C(=O)CCc1ccc(OC)c(OC)c1. The molecule has 0 fully saturated rings. The van der Waals surface area contributed by atoms with E-state index in [1.54, 1.807) is 37.3 Å². The number of amides is 2. The van der Waals surface area contributed by atoms with Crippen molar-refractivity contribution in [2.45, 2.75) is 45.2 Å². The third-order valence-electron chi connectivity index (χ3n) is 6.29. The van der Waals surface area contributed by atoms with E-state index in [2.05, 4.69) is 5.32 Å². The zero-order chi connectivity index (χ0) is 27.5. The summed E-state index contributed by atoms with van der Waals surface area (Å²) in [5.74, 6) is 0.827. The Labute approximate surface area is 234 Å². The maximum atomic E-state index is 13.8. The molecule has 3 rings (SSSR count). The van der Waals surface area contributed by atoms with Crippen molar-refractivity contribution in [3.05, 3.63) is 93.5 Å². The molecule has 0 radical (unpaired) electrons. The Morgan fingerprint density at radius 3 is 2.21 bits per heavy atom. The molecular weight excluding hydrogens is 523 g/mol. The number of methoxy groups -OCH3 is 2. The van der Waals surface area contributed by atoms with Crippen LogP contribution in [0, 0.1) is 0 Å². The summed E-state index contributed by atoms with van der Waals surface area (Å²) in [4.78, 5) is 28.9. The molecule has 0 aliphatic carbocycles. The van der Waals surface area contributed by atoms with Crippen LogP contribution >= 0.6 is 23.2 Å². The van der Waals surface area contributed by atoms with Gasteiger partial charge in [-0.3, -0.25) is 9.59 Å². The predicted octanol–water partition coefficient (Wildman–Crippen LogP) is 6.11. The lowest BCUT2D eigenvalue weighted by Crippen LogP contribution is -2.50. The number of carbonyl (C=O) groups is 2. The van der Waals surface area contributed by atoms with Crippen LogP contribution in [0.5, 0.6) is 11.5 Å². The van der Waals surface area contributed by atoms with Crippen molar-refractivity contribution in [1.29, 1.82) is 0 Å². The zero-order valence-electron chi connectivity index (χ0n) is 22.0. The molecule has 202 valence electrons. The molecule has 0 bridgehead atoms. The first-order valence-electron chi connectivity index (χ1n) is 12.6. The first-order chi connectivity index (χ1) is 18.4. The number of ether oxygens (including phenoxy) is 2. The highest BCUT2D eigenvalue weighted by atomic mass is 35.5. The van der Waals surface area contributed by atoms with Crippen LogP contribution < -0.4 is 14.8 Å². The Balaban J connectivity index is 1.94. The lowest BCUT2D eigenvalue weighted by Gasteiger charge is -2.32. The molecule has 0 aromatic heterocycles. The molecule has 0 saturated heterocycles. The lowest BCUT2D eigenvalue weighted by atomic mass is 10.0. The maximum absolute atomic E-state index is 13.8. The quantitative estimate of drug-likeness (QED) is 0.276. The Morgan fingerprint density at radius 1 is 0.895 bits per heavy atom. The molecule has 0 saturated carbocycles. The van der Waals surface area contributed by atoms with E-state index in [4.69, 9.17) is 32.7 Å². The number of hydrogen-bond acceptors (Lipinski definition) is 4. The number of nitrogens with zero attached hydrogens (tertiary/aromatic N) is 1. The van der Waals surface area contributed by atoms with Crippen molar-refractivity contribution in [3.8, 4) is 11.5 Å². The minimum absolute atomic E-state index is 0.111. The highest BCUT2D eigenvalue weighted by molar-refractivity contribution is 6.36. The Hall–Kier alpha value is -3.22. The fraction of sp³-hybridized carbons (Fsp3) is 0.333. The molecule has 1 N–H and O–H groups in total. The summed E-state index contributed by atoms with van der Waals surface area (Å²) in [6, 6.07) is 19.7. The number of halogens is 2. The molecule has 2 amide bonds. The van der Waals surface area contributed by atoms with Crippen LogP contribution in [-0.2, 0) is 29.0 Å². The van der Waals surface area contributed by atoms with Gasteiger partial charge >= 0.3 is 0 Å². The van der Waals surface area contributed by atoms with Crippen molar-refractivity contribution in [2.24, 2.45) is 0 Å². The molecule has 0 spiro atoms. The molecule has 0 aliphatic rings. The van der Waals surface area contributed by atoms with Crippen LogP contribution in [0.4, 0.5) is 0 Å². The van der Waals surface area contributed by atoms with Crippen molar-refractivity contribution in [3.63, 3.8) is 0 Å². The van der Waals surface area contributed by atoms with E-state index in [0.717, 1.165) is 17.5 Å². The summed E-state index contributed by atoms with van der Waals surface area (Å²) in [6.07, 6.45) is 1.79. The molecule has 3 aromatic carbocycles. The molecule has 6 nitrogen and oxygen atoms in total. The average molecular weight is 558 g/mol. The molecule has 0 heterocycles. The third-order valence-corrected chi connectivity index (χ3v) is 6.99. The second-order valence-electron chi connectivity index (χ2n) is 8.91. The Bertz CT molecular complexity index is 1200. The Morgan fingerprint density at radius 2 is 1.58 bits per heavy atom. The summed E-state index contributed by atoms with van der Waals surface area (Å²) >= 11 is 13.0. The standard InChI is InChI=1S/C30H34Cl2N2O4/c1-4-17-33-30(36)26(18-21-9-6-5-7-10-21)34(20-23-24(31)11-8-12-25(23)32)29(35)16-14-22-13-15-27(37-2)28(19-22)38-3/h5-13,15,19,26H,4,14,16-18,20H2,1-3H3,(H,33,36). The minimum atomic E-state index is -0.741. The molecule has 1 atom stereocenters. The van der Waals surface area contributed by atoms with E-state index < -0.39 is 6.04 Å². The van der Waals surface area contributed by atoms with Gasteiger partial charge in [0.1, 0.15) is 6.04 Å². The number of rotatable bonds is 13. The number of hydrogen-bond donors (Lipinski definition) is 1. The number of carbonyl (C=O) groups excluding carboxylic acids is 2. The first-order valence-corrected chi connectivity index (χ1v) is 13.4. The van der Waals surface area contributed by atoms with Gasteiger partial charge in [0.2, 0.25) is 11.8 Å². The van der Waals surface area contributed by atoms with Crippen LogP contribution in [0.3, 0.4) is 0 Å². The van der Waals surface area contributed by atoms with Gasteiger partial charge in [0, 0.05) is 41.5 Å². The number of nitrogens with one attached hydrogen (secondary N) is 1. The van der Waals surface area contributed by atoms with Gasteiger partial charge in [0.25, 0.3) is 0 Å². The van der Waals surface area contributed by atoms with E-state index in [9.17, 15) is 9.59 Å². The van der Waals surface area contributed by atoms with Crippen LogP contribution in [0.15, 0.2) is 66.7 Å². The van der Waals surface area contributed by atoms with Crippen molar-refractivity contribution in [1.82, 2.24) is 10.2 Å². The summed E-state index contributed by atoms with van der Waals surface area (Å²) in [6.45, 7) is 2.62. The van der Waals surface area contributed by atoms with E-state index >= 15 is 0 Å². The molecule has 3 aromatic rings. The summed E-state index contributed by atoms with van der Waals surface area (Å²) < 4.78 is 10.7. The van der Waals surface area contributed by atoms with E-state index in [1.165, 1.54) is 0 Å². The van der Waals surface area contributed by atoms with Gasteiger partial charge in [-0.15, -0.1) is 0 Å². The minimum Gasteiger partial charge on any atom is -0.493 e. The zero-order valence-corrected chi connectivity index (χ0v) is 23.5. The molecule has 0 aliphatic heterocycles. The molecule has 1 unspecified atom stereocenters. The smallest absolute Gasteiger partial charge is 0.243 e. The normalized spacial score (nSPS) is 11.5.